The lowest BCUT2D eigenvalue weighted by molar-refractivity contribution is -0.120. The summed E-state index contributed by atoms with van der Waals surface area (Å²) in [5.41, 5.74) is 7.44. The fraction of sp³-hybridized carbons (Fsp3) is 0.381. The molecule has 0 unspecified atom stereocenters. The summed E-state index contributed by atoms with van der Waals surface area (Å²) in [6.07, 6.45) is 2.45. The number of rotatable bonds is 6. The van der Waals surface area contributed by atoms with Crippen LogP contribution in [0.3, 0.4) is 0 Å². The Bertz CT molecular complexity index is 688. The van der Waals surface area contributed by atoms with E-state index in [1.165, 1.54) is 27.8 Å². The zero-order valence-corrected chi connectivity index (χ0v) is 14.7. The average Bonchev–Trinajstić information content (AvgIpc) is 2.56. The van der Waals surface area contributed by atoms with Crippen molar-refractivity contribution in [3.8, 4) is 0 Å². The van der Waals surface area contributed by atoms with Gasteiger partial charge in [0, 0.05) is 6.54 Å². The first-order valence-electron chi connectivity index (χ1n) is 8.47. The number of aryl methyl sites for hydroxylation is 4. The third-order valence-electron chi connectivity index (χ3n) is 4.47. The van der Waals surface area contributed by atoms with Crippen LogP contribution >= 0.6 is 0 Å². The van der Waals surface area contributed by atoms with Crippen LogP contribution in [0.2, 0.25) is 0 Å². The standard InChI is InChI=1S/C21H27NO/c1-5-17-9-10-19(6-2)20(12-17)14-22-21(23)13-18-8-7-15(3)16(4)11-18/h7-12H,5-6,13-14H2,1-4H3,(H,22,23). The van der Waals surface area contributed by atoms with Crippen molar-refractivity contribution >= 4 is 5.91 Å². The number of carbonyl (C=O) groups excluding carboxylic acids is 1. The minimum atomic E-state index is 0.0807. The van der Waals surface area contributed by atoms with Gasteiger partial charge in [-0.2, -0.15) is 0 Å². The molecule has 1 N–H and O–H groups in total. The quantitative estimate of drug-likeness (QED) is 0.847. The van der Waals surface area contributed by atoms with Gasteiger partial charge in [0.2, 0.25) is 5.91 Å². The first-order chi connectivity index (χ1) is 11.0. The maximum absolute atomic E-state index is 12.2. The number of amides is 1. The molecular formula is C21H27NO. The third-order valence-corrected chi connectivity index (χ3v) is 4.47. The van der Waals surface area contributed by atoms with Crippen LogP contribution in [0.1, 0.15) is 47.2 Å². The molecule has 2 rings (SSSR count). The van der Waals surface area contributed by atoms with Gasteiger partial charge in [-0.3, -0.25) is 4.79 Å². The number of benzene rings is 2. The molecule has 1 amide bonds. The van der Waals surface area contributed by atoms with E-state index in [9.17, 15) is 4.79 Å². The molecule has 0 fully saturated rings. The summed E-state index contributed by atoms with van der Waals surface area (Å²) in [6.45, 7) is 9.10. The van der Waals surface area contributed by atoms with Crippen LogP contribution in [0.15, 0.2) is 36.4 Å². The highest BCUT2D eigenvalue weighted by atomic mass is 16.1. The lowest BCUT2D eigenvalue weighted by atomic mass is 10.0. The Morgan fingerprint density at radius 1 is 0.870 bits per heavy atom. The van der Waals surface area contributed by atoms with Gasteiger partial charge in [-0.15, -0.1) is 0 Å². The fourth-order valence-corrected chi connectivity index (χ4v) is 2.76. The van der Waals surface area contributed by atoms with E-state index in [1.54, 1.807) is 0 Å². The summed E-state index contributed by atoms with van der Waals surface area (Å²) in [6, 6.07) is 12.8. The van der Waals surface area contributed by atoms with Crippen molar-refractivity contribution in [2.45, 2.75) is 53.5 Å². The molecule has 0 aliphatic heterocycles. The van der Waals surface area contributed by atoms with Crippen molar-refractivity contribution in [2.24, 2.45) is 0 Å². The highest BCUT2D eigenvalue weighted by Crippen LogP contribution is 2.14. The molecule has 0 radical (unpaired) electrons. The first kappa shape index (κ1) is 17.3. The lowest BCUT2D eigenvalue weighted by Crippen LogP contribution is -2.25. The summed E-state index contributed by atoms with van der Waals surface area (Å²) in [5, 5.41) is 3.07. The molecular weight excluding hydrogens is 282 g/mol. The topological polar surface area (TPSA) is 29.1 Å². The lowest BCUT2D eigenvalue weighted by Gasteiger charge is -2.12. The second-order valence-electron chi connectivity index (χ2n) is 6.18. The minimum absolute atomic E-state index is 0.0807. The molecule has 0 aliphatic carbocycles. The third kappa shape index (κ3) is 4.69. The molecule has 0 bridgehead atoms. The Labute approximate surface area is 139 Å². The van der Waals surface area contributed by atoms with E-state index in [2.05, 4.69) is 63.3 Å². The molecule has 0 aromatic heterocycles. The molecule has 122 valence electrons. The maximum atomic E-state index is 12.2. The van der Waals surface area contributed by atoms with Crippen molar-refractivity contribution in [3.63, 3.8) is 0 Å². The Hall–Kier alpha value is -2.09. The number of nitrogens with one attached hydrogen (secondary N) is 1. The van der Waals surface area contributed by atoms with E-state index < -0.39 is 0 Å². The predicted molar refractivity (Wildman–Crippen MR) is 96.7 cm³/mol. The second-order valence-corrected chi connectivity index (χ2v) is 6.18. The SMILES string of the molecule is CCc1ccc(CC)c(CNC(=O)Cc2ccc(C)c(C)c2)c1. The smallest absolute Gasteiger partial charge is 0.224 e. The van der Waals surface area contributed by atoms with Gasteiger partial charge in [-0.05, 0) is 60.1 Å². The van der Waals surface area contributed by atoms with E-state index >= 15 is 0 Å². The number of hydrogen-bond donors (Lipinski definition) is 1. The van der Waals surface area contributed by atoms with Crippen LogP contribution < -0.4 is 5.32 Å². The summed E-state index contributed by atoms with van der Waals surface area (Å²) in [4.78, 5) is 12.2. The summed E-state index contributed by atoms with van der Waals surface area (Å²) in [7, 11) is 0. The molecule has 2 aromatic rings. The van der Waals surface area contributed by atoms with E-state index in [1.807, 2.05) is 6.07 Å². The van der Waals surface area contributed by atoms with Crippen molar-refractivity contribution in [2.75, 3.05) is 0 Å². The molecule has 2 aromatic carbocycles. The highest BCUT2D eigenvalue weighted by Gasteiger charge is 2.07. The van der Waals surface area contributed by atoms with Gasteiger partial charge in [0.15, 0.2) is 0 Å². The molecule has 0 spiro atoms. The molecule has 0 saturated carbocycles. The van der Waals surface area contributed by atoms with Gasteiger partial charge in [-0.1, -0.05) is 50.2 Å². The minimum Gasteiger partial charge on any atom is -0.352 e. The monoisotopic (exact) mass is 309 g/mol. The van der Waals surface area contributed by atoms with Gasteiger partial charge in [-0.25, -0.2) is 0 Å². The first-order valence-corrected chi connectivity index (χ1v) is 8.47. The van der Waals surface area contributed by atoms with Crippen molar-refractivity contribution in [1.29, 1.82) is 0 Å². The van der Waals surface area contributed by atoms with E-state index in [-0.39, 0.29) is 5.91 Å². The Kier molecular flexibility index (Phi) is 5.97. The van der Waals surface area contributed by atoms with E-state index in [4.69, 9.17) is 0 Å². The molecule has 0 aliphatic rings. The van der Waals surface area contributed by atoms with Crippen molar-refractivity contribution < 1.29 is 4.79 Å². The van der Waals surface area contributed by atoms with Crippen LogP contribution in [0.5, 0.6) is 0 Å². The van der Waals surface area contributed by atoms with Crippen LogP contribution in [0.25, 0.3) is 0 Å². The van der Waals surface area contributed by atoms with E-state index in [0.717, 1.165) is 18.4 Å². The Morgan fingerprint density at radius 3 is 2.26 bits per heavy atom. The van der Waals surface area contributed by atoms with Gasteiger partial charge >= 0.3 is 0 Å². The summed E-state index contributed by atoms with van der Waals surface area (Å²) >= 11 is 0. The van der Waals surface area contributed by atoms with E-state index in [0.29, 0.717) is 13.0 Å². The molecule has 0 atom stereocenters. The Balaban J connectivity index is 2.00. The normalized spacial score (nSPS) is 10.6. The average molecular weight is 309 g/mol. The molecule has 2 heteroatoms. The van der Waals surface area contributed by atoms with Crippen LogP contribution in [0.4, 0.5) is 0 Å². The second kappa shape index (κ2) is 7.96. The fourth-order valence-electron chi connectivity index (χ4n) is 2.76. The predicted octanol–water partition coefficient (Wildman–Crippen LogP) is 4.29. The molecule has 0 saturated heterocycles. The van der Waals surface area contributed by atoms with Gasteiger partial charge in [0.1, 0.15) is 0 Å². The van der Waals surface area contributed by atoms with Crippen molar-refractivity contribution in [1.82, 2.24) is 5.32 Å². The largest absolute Gasteiger partial charge is 0.352 e. The molecule has 2 nitrogen and oxygen atoms in total. The maximum Gasteiger partial charge on any atom is 0.224 e. The van der Waals surface area contributed by atoms with Crippen LogP contribution in [-0.2, 0) is 30.6 Å². The zero-order chi connectivity index (χ0) is 16.8. The highest BCUT2D eigenvalue weighted by molar-refractivity contribution is 5.78. The van der Waals surface area contributed by atoms with Gasteiger partial charge < -0.3 is 5.32 Å². The van der Waals surface area contributed by atoms with Gasteiger partial charge in [0.05, 0.1) is 6.42 Å². The number of carbonyl (C=O) groups is 1. The Morgan fingerprint density at radius 2 is 1.61 bits per heavy atom. The molecule has 23 heavy (non-hydrogen) atoms. The summed E-state index contributed by atoms with van der Waals surface area (Å²) in [5.74, 6) is 0.0807. The van der Waals surface area contributed by atoms with Gasteiger partial charge in [0.25, 0.3) is 0 Å². The molecule has 0 heterocycles. The van der Waals surface area contributed by atoms with Crippen molar-refractivity contribution in [3.05, 3.63) is 69.8 Å². The zero-order valence-electron chi connectivity index (χ0n) is 14.7. The summed E-state index contributed by atoms with van der Waals surface area (Å²) < 4.78 is 0. The number of hydrogen-bond acceptors (Lipinski definition) is 1. The van der Waals surface area contributed by atoms with Crippen LogP contribution in [-0.4, -0.2) is 5.91 Å². The van der Waals surface area contributed by atoms with Crippen LogP contribution in [0, 0.1) is 13.8 Å².